The zero-order chi connectivity index (χ0) is 24.7. The van der Waals surface area contributed by atoms with Gasteiger partial charge in [-0.05, 0) is 29.8 Å². The molecule has 3 heterocycles. The van der Waals surface area contributed by atoms with Crippen LogP contribution < -0.4 is 10.2 Å². The van der Waals surface area contributed by atoms with Crippen LogP contribution in [0.3, 0.4) is 0 Å². The molecule has 1 N–H and O–H groups in total. The number of hydrogen-bond donors (Lipinski definition) is 1. The Morgan fingerprint density at radius 1 is 0.971 bits per heavy atom. The van der Waals surface area contributed by atoms with Crippen molar-refractivity contribution in [3.8, 4) is 0 Å². The lowest BCUT2D eigenvalue weighted by Gasteiger charge is -2.35. The number of halogens is 5. The number of alkyl halides is 3. The SMILES string of the molecule is O=C(c1cc2n(n1)[C@@H](C(F)(F)F)C[C@H](c1ccc(Cl)c(Cl)c1)N2)N1CCN(c2ccccc2)CC1. The Hall–Kier alpha value is -2.91. The van der Waals surface area contributed by atoms with Gasteiger partial charge in [-0.1, -0.05) is 47.5 Å². The largest absolute Gasteiger partial charge is 0.410 e. The second-order valence-electron chi connectivity index (χ2n) is 8.64. The molecule has 0 radical (unpaired) electrons. The van der Waals surface area contributed by atoms with E-state index >= 15 is 0 Å². The zero-order valence-electron chi connectivity index (χ0n) is 18.5. The molecule has 0 unspecified atom stereocenters. The predicted molar refractivity (Wildman–Crippen MR) is 129 cm³/mol. The maximum Gasteiger partial charge on any atom is 0.410 e. The highest BCUT2D eigenvalue weighted by atomic mass is 35.5. The van der Waals surface area contributed by atoms with Gasteiger partial charge in [0.05, 0.1) is 16.1 Å². The third kappa shape index (κ3) is 4.79. The van der Waals surface area contributed by atoms with E-state index in [1.807, 2.05) is 30.3 Å². The van der Waals surface area contributed by atoms with Crippen LogP contribution in [0.1, 0.15) is 34.6 Å². The molecule has 2 atom stereocenters. The molecular formula is C24H22Cl2F3N5O. The van der Waals surface area contributed by atoms with E-state index in [0.717, 1.165) is 10.4 Å². The molecule has 6 nitrogen and oxygen atoms in total. The minimum atomic E-state index is -4.54. The van der Waals surface area contributed by atoms with Crippen LogP contribution in [-0.4, -0.2) is 52.9 Å². The van der Waals surface area contributed by atoms with Gasteiger partial charge in [0.2, 0.25) is 0 Å². The van der Waals surface area contributed by atoms with Crippen molar-refractivity contribution < 1.29 is 18.0 Å². The second kappa shape index (κ2) is 9.28. The first-order valence-corrected chi connectivity index (χ1v) is 11.9. The summed E-state index contributed by atoms with van der Waals surface area (Å²) in [5, 5.41) is 7.77. The van der Waals surface area contributed by atoms with Crippen LogP contribution in [0.25, 0.3) is 0 Å². The Morgan fingerprint density at radius 3 is 2.34 bits per heavy atom. The van der Waals surface area contributed by atoms with E-state index < -0.39 is 18.3 Å². The molecule has 184 valence electrons. The van der Waals surface area contributed by atoms with Gasteiger partial charge < -0.3 is 15.1 Å². The first-order valence-electron chi connectivity index (χ1n) is 11.2. The molecular weight excluding hydrogens is 502 g/mol. The Bertz CT molecular complexity index is 1230. The van der Waals surface area contributed by atoms with Crippen LogP contribution in [0.2, 0.25) is 10.0 Å². The summed E-state index contributed by atoms with van der Waals surface area (Å²) in [7, 11) is 0. The summed E-state index contributed by atoms with van der Waals surface area (Å²) in [6, 6.07) is 13.5. The summed E-state index contributed by atoms with van der Waals surface area (Å²) < 4.78 is 42.8. The van der Waals surface area contributed by atoms with Crippen LogP contribution >= 0.6 is 23.2 Å². The van der Waals surface area contributed by atoms with Gasteiger partial charge in [-0.15, -0.1) is 0 Å². The van der Waals surface area contributed by atoms with Crippen molar-refractivity contribution in [3.05, 3.63) is 75.9 Å². The van der Waals surface area contributed by atoms with E-state index in [-0.39, 0.29) is 28.9 Å². The van der Waals surface area contributed by atoms with Gasteiger partial charge in [0.15, 0.2) is 11.7 Å². The first-order chi connectivity index (χ1) is 16.7. The van der Waals surface area contributed by atoms with Crippen LogP contribution in [0.15, 0.2) is 54.6 Å². The number of hydrogen-bond acceptors (Lipinski definition) is 4. The van der Waals surface area contributed by atoms with Crippen molar-refractivity contribution in [3.63, 3.8) is 0 Å². The summed E-state index contributed by atoms with van der Waals surface area (Å²) in [5.74, 6) is -0.241. The molecule has 1 saturated heterocycles. The number of benzene rings is 2. The van der Waals surface area contributed by atoms with Crippen molar-refractivity contribution in [1.29, 1.82) is 0 Å². The highest BCUT2D eigenvalue weighted by Gasteiger charge is 2.47. The molecule has 0 saturated carbocycles. The number of anilines is 2. The number of piperazine rings is 1. The number of rotatable bonds is 3. The molecule has 3 aromatic rings. The van der Waals surface area contributed by atoms with E-state index in [1.165, 1.54) is 6.07 Å². The van der Waals surface area contributed by atoms with E-state index in [9.17, 15) is 18.0 Å². The van der Waals surface area contributed by atoms with Gasteiger partial charge in [0.1, 0.15) is 5.82 Å². The molecule has 2 aliphatic rings. The lowest BCUT2D eigenvalue weighted by atomic mass is 9.97. The fourth-order valence-electron chi connectivity index (χ4n) is 4.59. The lowest BCUT2D eigenvalue weighted by molar-refractivity contribution is -0.173. The molecule has 1 amide bonds. The normalized spacial score (nSPS) is 20.4. The maximum atomic E-state index is 14.0. The minimum absolute atomic E-state index is 0.00954. The Kier molecular flexibility index (Phi) is 6.31. The molecule has 5 rings (SSSR count). The third-order valence-electron chi connectivity index (χ3n) is 6.44. The highest BCUT2D eigenvalue weighted by Crippen LogP contribution is 2.44. The first kappa shape index (κ1) is 23.8. The molecule has 35 heavy (non-hydrogen) atoms. The van der Waals surface area contributed by atoms with E-state index in [4.69, 9.17) is 23.2 Å². The second-order valence-corrected chi connectivity index (χ2v) is 9.45. The average molecular weight is 524 g/mol. The molecule has 0 bridgehead atoms. The number of aromatic nitrogens is 2. The quantitative estimate of drug-likeness (QED) is 0.470. The standard InChI is InChI=1S/C24H22Cl2F3N5O/c25-17-7-6-15(12-18(17)26)19-13-21(24(27,28)29)34-22(30-19)14-20(31-34)23(35)33-10-8-32(9-11-33)16-4-2-1-3-5-16/h1-7,12,14,19,21,30H,8-11,13H2/t19-,21-/m1/s1. The van der Waals surface area contributed by atoms with Crippen molar-refractivity contribution in [2.24, 2.45) is 0 Å². The number of carbonyl (C=O) groups excluding carboxylic acids is 1. The molecule has 2 aromatic carbocycles. The van der Waals surface area contributed by atoms with E-state index in [1.54, 1.807) is 23.1 Å². The topological polar surface area (TPSA) is 53.4 Å². The molecule has 1 fully saturated rings. The Morgan fingerprint density at radius 2 is 1.69 bits per heavy atom. The number of nitrogens with one attached hydrogen (secondary N) is 1. The van der Waals surface area contributed by atoms with Gasteiger partial charge in [-0.2, -0.15) is 18.3 Å². The smallest absolute Gasteiger partial charge is 0.368 e. The minimum Gasteiger partial charge on any atom is -0.368 e. The van der Waals surface area contributed by atoms with Gasteiger partial charge >= 0.3 is 6.18 Å². The Labute approximate surface area is 210 Å². The van der Waals surface area contributed by atoms with Crippen LogP contribution in [0, 0.1) is 0 Å². The summed E-state index contributed by atoms with van der Waals surface area (Å²) in [5.41, 5.74) is 1.64. The highest BCUT2D eigenvalue weighted by molar-refractivity contribution is 6.42. The van der Waals surface area contributed by atoms with Crippen molar-refractivity contribution in [1.82, 2.24) is 14.7 Å². The number of carbonyl (C=O) groups is 1. The Balaban J connectivity index is 1.36. The summed E-state index contributed by atoms with van der Waals surface area (Å²) in [6.07, 6.45) is -4.83. The van der Waals surface area contributed by atoms with Gasteiger partial charge in [0.25, 0.3) is 5.91 Å². The predicted octanol–water partition coefficient (Wildman–Crippen LogP) is 5.81. The number of amides is 1. The fourth-order valence-corrected chi connectivity index (χ4v) is 4.90. The van der Waals surface area contributed by atoms with Gasteiger partial charge in [0, 0.05) is 44.4 Å². The lowest BCUT2D eigenvalue weighted by Crippen LogP contribution is -2.49. The van der Waals surface area contributed by atoms with Gasteiger partial charge in [-0.25, -0.2) is 4.68 Å². The number of fused-ring (bicyclic) bond motifs is 1. The molecule has 11 heteroatoms. The van der Waals surface area contributed by atoms with Crippen molar-refractivity contribution in [2.45, 2.75) is 24.7 Å². The van der Waals surface area contributed by atoms with E-state index in [2.05, 4.69) is 15.3 Å². The number of para-hydroxylation sites is 1. The molecule has 0 aliphatic carbocycles. The molecule has 0 spiro atoms. The van der Waals surface area contributed by atoms with Crippen molar-refractivity contribution in [2.75, 3.05) is 36.4 Å². The van der Waals surface area contributed by atoms with Crippen LogP contribution in [0.5, 0.6) is 0 Å². The summed E-state index contributed by atoms with van der Waals surface area (Å²) in [6.45, 7) is 2.17. The third-order valence-corrected chi connectivity index (χ3v) is 7.18. The fraction of sp³-hybridized carbons (Fsp3) is 0.333. The van der Waals surface area contributed by atoms with Crippen LogP contribution in [0.4, 0.5) is 24.7 Å². The molecule has 1 aromatic heterocycles. The van der Waals surface area contributed by atoms with E-state index in [0.29, 0.717) is 36.8 Å². The molecule has 2 aliphatic heterocycles. The average Bonchev–Trinajstić information content (AvgIpc) is 3.29. The number of nitrogens with zero attached hydrogens (tertiary/aromatic N) is 4. The zero-order valence-corrected chi connectivity index (χ0v) is 20.0. The van der Waals surface area contributed by atoms with Crippen molar-refractivity contribution >= 4 is 40.6 Å². The summed E-state index contributed by atoms with van der Waals surface area (Å²) >= 11 is 12.1. The maximum absolute atomic E-state index is 14.0. The monoisotopic (exact) mass is 523 g/mol. The van der Waals surface area contributed by atoms with Gasteiger partial charge in [-0.3, -0.25) is 4.79 Å². The summed E-state index contributed by atoms with van der Waals surface area (Å²) in [4.78, 5) is 16.9. The van der Waals surface area contributed by atoms with Crippen LogP contribution in [-0.2, 0) is 0 Å².